The van der Waals surface area contributed by atoms with Crippen molar-refractivity contribution in [3.8, 4) is 0 Å². The van der Waals surface area contributed by atoms with Crippen molar-refractivity contribution in [2.75, 3.05) is 11.9 Å². The fourth-order valence-corrected chi connectivity index (χ4v) is 2.19. The van der Waals surface area contributed by atoms with Crippen molar-refractivity contribution in [3.05, 3.63) is 29.3 Å². The van der Waals surface area contributed by atoms with Crippen LogP contribution in [0.15, 0.2) is 18.2 Å². The molecule has 1 unspecified atom stereocenters. The molecule has 0 heterocycles. The second kappa shape index (κ2) is 7.82. The van der Waals surface area contributed by atoms with E-state index in [1.54, 1.807) is 6.07 Å². The van der Waals surface area contributed by atoms with Crippen molar-refractivity contribution in [2.45, 2.75) is 46.5 Å². The van der Waals surface area contributed by atoms with Crippen LogP contribution >= 0.6 is 0 Å². The lowest BCUT2D eigenvalue weighted by Gasteiger charge is -2.17. The molecule has 1 aromatic carbocycles. The standard InChI is InChI=1S/C16H25NO2/c1-4-6-7-13(5-2)11-17-15-9-8-12(3)10-14(15)16(18)19/h8-10,13,17H,4-7,11H2,1-3H3,(H,18,19). The van der Waals surface area contributed by atoms with Gasteiger partial charge in [-0.3, -0.25) is 0 Å². The third-order valence-electron chi connectivity index (χ3n) is 3.53. The molecule has 1 aromatic rings. The van der Waals surface area contributed by atoms with E-state index < -0.39 is 5.97 Å². The van der Waals surface area contributed by atoms with Gasteiger partial charge in [-0.2, -0.15) is 0 Å². The van der Waals surface area contributed by atoms with Gasteiger partial charge in [0.25, 0.3) is 0 Å². The molecule has 0 fully saturated rings. The number of carboxylic acids is 1. The highest BCUT2D eigenvalue weighted by Crippen LogP contribution is 2.19. The van der Waals surface area contributed by atoms with E-state index in [4.69, 9.17) is 0 Å². The fraction of sp³-hybridized carbons (Fsp3) is 0.562. The molecule has 0 amide bonds. The Morgan fingerprint density at radius 2 is 2.11 bits per heavy atom. The van der Waals surface area contributed by atoms with Gasteiger partial charge in [0.05, 0.1) is 5.56 Å². The predicted molar refractivity (Wildman–Crippen MR) is 79.9 cm³/mol. The van der Waals surface area contributed by atoms with E-state index >= 15 is 0 Å². The Bertz CT molecular complexity index is 415. The first-order valence-electron chi connectivity index (χ1n) is 7.16. The summed E-state index contributed by atoms with van der Waals surface area (Å²) >= 11 is 0. The van der Waals surface area contributed by atoms with Crippen LogP contribution in [-0.2, 0) is 0 Å². The molecule has 0 saturated carbocycles. The van der Waals surface area contributed by atoms with Gasteiger partial charge < -0.3 is 10.4 Å². The zero-order valence-corrected chi connectivity index (χ0v) is 12.2. The maximum Gasteiger partial charge on any atom is 0.337 e. The molecule has 3 nitrogen and oxygen atoms in total. The normalized spacial score (nSPS) is 12.2. The second-order valence-corrected chi connectivity index (χ2v) is 5.15. The Kier molecular flexibility index (Phi) is 6.40. The van der Waals surface area contributed by atoms with Crippen LogP contribution in [0.3, 0.4) is 0 Å². The van der Waals surface area contributed by atoms with Crippen molar-refractivity contribution in [1.82, 2.24) is 0 Å². The van der Waals surface area contributed by atoms with Crippen molar-refractivity contribution in [3.63, 3.8) is 0 Å². The van der Waals surface area contributed by atoms with Crippen LogP contribution in [0.2, 0.25) is 0 Å². The summed E-state index contributed by atoms with van der Waals surface area (Å²) in [7, 11) is 0. The van der Waals surface area contributed by atoms with Gasteiger partial charge in [0.1, 0.15) is 0 Å². The van der Waals surface area contributed by atoms with E-state index in [1.165, 1.54) is 19.3 Å². The molecule has 0 radical (unpaired) electrons. The van der Waals surface area contributed by atoms with Crippen LogP contribution in [0.25, 0.3) is 0 Å². The van der Waals surface area contributed by atoms with E-state index in [1.807, 2.05) is 19.1 Å². The third-order valence-corrected chi connectivity index (χ3v) is 3.53. The first kappa shape index (κ1) is 15.5. The van der Waals surface area contributed by atoms with Gasteiger partial charge in [0, 0.05) is 12.2 Å². The lowest BCUT2D eigenvalue weighted by molar-refractivity contribution is 0.0698. The molecule has 3 heteroatoms. The molecule has 0 aliphatic heterocycles. The highest BCUT2D eigenvalue weighted by Gasteiger charge is 2.12. The molecule has 0 bridgehead atoms. The number of hydrogen-bond donors (Lipinski definition) is 2. The number of aromatic carboxylic acids is 1. The smallest absolute Gasteiger partial charge is 0.337 e. The molecule has 2 N–H and O–H groups in total. The SMILES string of the molecule is CCCCC(CC)CNc1ccc(C)cc1C(=O)O. The predicted octanol–water partition coefficient (Wildman–Crippen LogP) is 4.32. The molecule has 0 saturated heterocycles. The number of hydrogen-bond acceptors (Lipinski definition) is 2. The number of nitrogens with one attached hydrogen (secondary N) is 1. The largest absolute Gasteiger partial charge is 0.478 e. The highest BCUT2D eigenvalue weighted by atomic mass is 16.4. The first-order valence-corrected chi connectivity index (χ1v) is 7.16. The number of carbonyl (C=O) groups is 1. The minimum Gasteiger partial charge on any atom is -0.478 e. The lowest BCUT2D eigenvalue weighted by Crippen LogP contribution is -2.15. The van der Waals surface area contributed by atoms with E-state index in [-0.39, 0.29) is 0 Å². The maximum atomic E-state index is 11.2. The summed E-state index contributed by atoms with van der Waals surface area (Å²) < 4.78 is 0. The average Bonchev–Trinajstić information content (AvgIpc) is 2.40. The number of anilines is 1. The van der Waals surface area contributed by atoms with Crippen molar-refractivity contribution >= 4 is 11.7 Å². The molecule has 0 aliphatic rings. The van der Waals surface area contributed by atoms with Crippen molar-refractivity contribution in [2.24, 2.45) is 5.92 Å². The third kappa shape index (κ3) is 4.93. The van der Waals surface area contributed by atoms with Gasteiger partial charge in [-0.1, -0.05) is 44.7 Å². The van der Waals surface area contributed by atoms with Gasteiger partial charge in [-0.05, 0) is 31.4 Å². The van der Waals surface area contributed by atoms with Crippen LogP contribution in [-0.4, -0.2) is 17.6 Å². The summed E-state index contributed by atoms with van der Waals surface area (Å²) in [6, 6.07) is 5.53. The van der Waals surface area contributed by atoms with Crippen molar-refractivity contribution < 1.29 is 9.90 Å². The molecule has 1 atom stereocenters. The minimum atomic E-state index is -0.868. The van der Waals surface area contributed by atoms with E-state index in [0.29, 0.717) is 11.5 Å². The Morgan fingerprint density at radius 1 is 1.37 bits per heavy atom. The Morgan fingerprint density at radius 3 is 2.68 bits per heavy atom. The number of rotatable bonds is 8. The zero-order valence-electron chi connectivity index (χ0n) is 12.2. The lowest BCUT2D eigenvalue weighted by atomic mass is 9.99. The quantitative estimate of drug-likeness (QED) is 0.734. The Balaban J connectivity index is 2.68. The summed E-state index contributed by atoms with van der Waals surface area (Å²) in [6.45, 7) is 7.14. The van der Waals surface area contributed by atoms with E-state index in [9.17, 15) is 9.90 Å². The summed E-state index contributed by atoms with van der Waals surface area (Å²) in [5.41, 5.74) is 2.07. The topological polar surface area (TPSA) is 49.3 Å². The number of aryl methyl sites for hydroxylation is 1. The highest BCUT2D eigenvalue weighted by molar-refractivity contribution is 5.94. The molecule has 0 aromatic heterocycles. The van der Waals surface area contributed by atoms with Gasteiger partial charge in [-0.25, -0.2) is 4.79 Å². The van der Waals surface area contributed by atoms with Crippen molar-refractivity contribution in [1.29, 1.82) is 0 Å². The van der Waals surface area contributed by atoms with Crippen LogP contribution in [0.4, 0.5) is 5.69 Å². The Hall–Kier alpha value is -1.51. The summed E-state index contributed by atoms with van der Waals surface area (Å²) in [5, 5.41) is 12.5. The van der Waals surface area contributed by atoms with Crippen LogP contribution in [0.1, 0.15) is 55.5 Å². The van der Waals surface area contributed by atoms with Gasteiger partial charge in [0.2, 0.25) is 0 Å². The summed E-state index contributed by atoms with van der Waals surface area (Å²) in [4.78, 5) is 11.2. The van der Waals surface area contributed by atoms with Gasteiger partial charge in [-0.15, -0.1) is 0 Å². The van der Waals surface area contributed by atoms with Gasteiger partial charge >= 0.3 is 5.97 Å². The van der Waals surface area contributed by atoms with E-state index in [2.05, 4.69) is 19.2 Å². The molecule has 1 rings (SSSR count). The van der Waals surface area contributed by atoms with Gasteiger partial charge in [0.15, 0.2) is 0 Å². The number of unbranched alkanes of at least 4 members (excludes halogenated alkanes) is 1. The fourth-order valence-electron chi connectivity index (χ4n) is 2.19. The number of benzene rings is 1. The average molecular weight is 263 g/mol. The molecule has 0 spiro atoms. The number of carboxylic acid groups (broad SMARTS) is 1. The van der Waals surface area contributed by atoms with Crippen LogP contribution in [0, 0.1) is 12.8 Å². The molecular weight excluding hydrogens is 238 g/mol. The zero-order chi connectivity index (χ0) is 14.3. The molecule has 19 heavy (non-hydrogen) atoms. The van der Waals surface area contributed by atoms with E-state index in [0.717, 1.165) is 24.2 Å². The molecular formula is C16H25NO2. The molecule has 106 valence electrons. The molecule has 0 aliphatic carbocycles. The summed E-state index contributed by atoms with van der Waals surface area (Å²) in [5.74, 6) is -0.254. The first-order chi connectivity index (χ1) is 9.08. The Labute approximate surface area is 116 Å². The van der Waals surface area contributed by atoms with Crippen LogP contribution < -0.4 is 5.32 Å². The minimum absolute atomic E-state index is 0.366. The maximum absolute atomic E-state index is 11.2. The summed E-state index contributed by atoms with van der Waals surface area (Å²) in [6.07, 6.45) is 4.77. The second-order valence-electron chi connectivity index (χ2n) is 5.15. The van der Waals surface area contributed by atoms with Crippen LogP contribution in [0.5, 0.6) is 0 Å². The monoisotopic (exact) mass is 263 g/mol.